The van der Waals surface area contributed by atoms with Gasteiger partial charge in [0.05, 0.1) is 0 Å². The Balaban J connectivity index is 2.25. The highest BCUT2D eigenvalue weighted by Crippen LogP contribution is 2.27. The summed E-state index contributed by atoms with van der Waals surface area (Å²) < 4.78 is 2.37. The van der Waals surface area contributed by atoms with E-state index >= 15 is 0 Å². The van der Waals surface area contributed by atoms with E-state index in [1.54, 1.807) is 0 Å². The molecule has 1 nitrogen and oxygen atoms in total. The molecule has 0 amide bonds. The van der Waals surface area contributed by atoms with Crippen LogP contribution in [-0.4, -0.2) is 6.54 Å². The third-order valence-electron chi connectivity index (χ3n) is 3.33. The first-order chi connectivity index (χ1) is 10.1. The van der Waals surface area contributed by atoms with Gasteiger partial charge in [-0.25, -0.2) is 0 Å². The molecule has 2 rings (SSSR count). The smallest absolute Gasteiger partial charge is 0.0410 e. The van der Waals surface area contributed by atoms with Crippen LogP contribution in [0.25, 0.3) is 0 Å². The monoisotopic (exact) mass is 477 g/mol. The van der Waals surface area contributed by atoms with Gasteiger partial charge in [0.1, 0.15) is 0 Å². The number of hydrogen-bond acceptors (Lipinski definition) is 1. The Morgan fingerprint density at radius 2 is 1.90 bits per heavy atom. The van der Waals surface area contributed by atoms with E-state index in [1.165, 1.54) is 14.7 Å². The maximum absolute atomic E-state index is 6.18. The van der Waals surface area contributed by atoms with Gasteiger partial charge < -0.3 is 5.32 Å². The predicted molar refractivity (Wildman–Crippen MR) is 103 cm³/mol. The van der Waals surface area contributed by atoms with Crippen molar-refractivity contribution in [3.8, 4) is 0 Å². The van der Waals surface area contributed by atoms with Crippen LogP contribution in [-0.2, 0) is 6.42 Å². The summed E-state index contributed by atoms with van der Waals surface area (Å²) in [4.78, 5) is 0. The number of nitrogens with one attached hydrogen (secondary N) is 1. The predicted octanol–water partition coefficient (Wildman–Crippen LogP) is 5.99. The van der Waals surface area contributed by atoms with Crippen molar-refractivity contribution in [3.05, 3.63) is 66.7 Å². The van der Waals surface area contributed by atoms with Gasteiger partial charge >= 0.3 is 0 Å². The minimum Gasteiger partial charge on any atom is -0.310 e. The number of hydrogen-bond donors (Lipinski definition) is 1. The van der Waals surface area contributed by atoms with E-state index in [-0.39, 0.29) is 6.04 Å². The van der Waals surface area contributed by atoms with E-state index in [0.29, 0.717) is 0 Å². The van der Waals surface area contributed by atoms with Crippen LogP contribution in [0.15, 0.2) is 46.9 Å². The molecule has 0 aliphatic rings. The van der Waals surface area contributed by atoms with Crippen LogP contribution in [0.4, 0.5) is 0 Å². The molecule has 0 saturated heterocycles. The summed E-state index contributed by atoms with van der Waals surface area (Å²) in [6.45, 7) is 3.19. The summed E-state index contributed by atoms with van der Waals surface area (Å²) in [5.74, 6) is 0. The summed E-state index contributed by atoms with van der Waals surface area (Å²) in [6, 6.07) is 14.9. The molecule has 1 unspecified atom stereocenters. The maximum Gasteiger partial charge on any atom is 0.0410 e. The van der Waals surface area contributed by atoms with Crippen molar-refractivity contribution in [1.82, 2.24) is 5.32 Å². The van der Waals surface area contributed by atoms with Gasteiger partial charge in [0, 0.05) is 19.1 Å². The van der Waals surface area contributed by atoms with Gasteiger partial charge in [0.25, 0.3) is 0 Å². The first kappa shape index (κ1) is 17.3. The molecular formula is C17H18BrClIN. The largest absolute Gasteiger partial charge is 0.310 e. The van der Waals surface area contributed by atoms with Crippen LogP contribution in [0.1, 0.15) is 30.5 Å². The molecular weight excluding hydrogens is 460 g/mol. The van der Waals surface area contributed by atoms with Gasteiger partial charge in [-0.2, -0.15) is 0 Å². The van der Waals surface area contributed by atoms with Crippen molar-refractivity contribution in [1.29, 1.82) is 0 Å². The quantitative estimate of drug-likeness (QED) is 0.503. The highest BCUT2D eigenvalue weighted by atomic mass is 127. The Bertz CT molecular complexity index is 586. The fourth-order valence-electron chi connectivity index (χ4n) is 2.25. The van der Waals surface area contributed by atoms with Crippen molar-refractivity contribution in [2.75, 3.05) is 6.54 Å². The van der Waals surface area contributed by atoms with E-state index < -0.39 is 0 Å². The average molecular weight is 479 g/mol. The molecule has 0 heterocycles. The molecule has 0 aliphatic heterocycles. The molecule has 2 aromatic rings. The van der Waals surface area contributed by atoms with Crippen molar-refractivity contribution in [3.63, 3.8) is 0 Å². The second-order valence-corrected chi connectivity index (χ2v) is 7.52. The highest BCUT2D eigenvalue weighted by molar-refractivity contribution is 14.1. The third kappa shape index (κ3) is 5.23. The Morgan fingerprint density at radius 3 is 2.57 bits per heavy atom. The summed E-state index contributed by atoms with van der Waals surface area (Å²) >= 11 is 12.1. The molecule has 0 aliphatic carbocycles. The minimum atomic E-state index is 0.289. The Kier molecular flexibility index (Phi) is 6.99. The molecule has 0 aromatic heterocycles. The standard InChI is InChI=1S/C17H18BrClIN/c1-2-9-21-17(10-12-3-5-13(18)6-4-12)15-11-14(19)7-8-16(15)20/h3-8,11,17,21H,2,9-10H2,1H3. The maximum atomic E-state index is 6.18. The lowest BCUT2D eigenvalue weighted by atomic mass is 9.99. The third-order valence-corrected chi connectivity index (χ3v) is 5.07. The van der Waals surface area contributed by atoms with Gasteiger partial charge in [-0.15, -0.1) is 0 Å². The van der Waals surface area contributed by atoms with E-state index in [9.17, 15) is 0 Å². The van der Waals surface area contributed by atoms with Gasteiger partial charge in [-0.3, -0.25) is 0 Å². The molecule has 112 valence electrons. The van der Waals surface area contributed by atoms with Crippen molar-refractivity contribution in [2.45, 2.75) is 25.8 Å². The van der Waals surface area contributed by atoms with Crippen LogP contribution in [0, 0.1) is 3.57 Å². The van der Waals surface area contributed by atoms with Crippen LogP contribution in [0.2, 0.25) is 5.02 Å². The first-order valence-corrected chi connectivity index (χ1v) is 9.28. The summed E-state index contributed by atoms with van der Waals surface area (Å²) in [6.07, 6.45) is 2.08. The zero-order valence-corrected chi connectivity index (χ0v) is 16.4. The molecule has 0 fully saturated rings. The van der Waals surface area contributed by atoms with Crippen LogP contribution >= 0.6 is 50.1 Å². The van der Waals surface area contributed by atoms with E-state index in [4.69, 9.17) is 11.6 Å². The number of halogens is 3. The normalized spacial score (nSPS) is 12.4. The van der Waals surface area contributed by atoms with Gasteiger partial charge in [0.2, 0.25) is 0 Å². The zero-order valence-electron chi connectivity index (χ0n) is 11.9. The number of rotatable bonds is 6. The lowest BCUT2D eigenvalue weighted by Gasteiger charge is -2.21. The van der Waals surface area contributed by atoms with Crippen LogP contribution in [0.5, 0.6) is 0 Å². The topological polar surface area (TPSA) is 12.0 Å². The number of benzene rings is 2. The molecule has 1 N–H and O–H groups in total. The minimum absolute atomic E-state index is 0.289. The fraction of sp³-hybridized carbons (Fsp3) is 0.294. The van der Waals surface area contributed by atoms with Gasteiger partial charge in [0.15, 0.2) is 0 Å². The molecule has 0 radical (unpaired) electrons. The second-order valence-electron chi connectivity index (χ2n) is 5.00. The van der Waals surface area contributed by atoms with Crippen molar-refractivity contribution >= 4 is 50.1 Å². The van der Waals surface area contributed by atoms with Gasteiger partial charge in [-0.05, 0) is 83.4 Å². The lowest BCUT2D eigenvalue weighted by Crippen LogP contribution is -2.25. The highest BCUT2D eigenvalue weighted by Gasteiger charge is 2.15. The zero-order chi connectivity index (χ0) is 15.2. The Hall–Kier alpha value is -0.100. The van der Waals surface area contributed by atoms with E-state index in [1.807, 2.05) is 6.07 Å². The molecule has 0 bridgehead atoms. The summed E-state index contributed by atoms with van der Waals surface area (Å²) in [5.41, 5.74) is 2.60. The average Bonchev–Trinajstić information content (AvgIpc) is 2.48. The fourth-order valence-corrected chi connectivity index (χ4v) is 3.40. The molecule has 0 saturated carbocycles. The van der Waals surface area contributed by atoms with Crippen LogP contribution < -0.4 is 5.32 Å². The Morgan fingerprint density at radius 1 is 1.19 bits per heavy atom. The molecule has 21 heavy (non-hydrogen) atoms. The Labute approximate surface area is 153 Å². The first-order valence-electron chi connectivity index (χ1n) is 7.03. The summed E-state index contributed by atoms with van der Waals surface area (Å²) in [5, 5.41) is 4.44. The van der Waals surface area contributed by atoms with E-state index in [2.05, 4.69) is 87.2 Å². The molecule has 4 heteroatoms. The van der Waals surface area contributed by atoms with Crippen molar-refractivity contribution in [2.24, 2.45) is 0 Å². The van der Waals surface area contributed by atoms with Crippen LogP contribution in [0.3, 0.4) is 0 Å². The molecule has 1 atom stereocenters. The molecule has 0 spiro atoms. The second kappa shape index (κ2) is 8.51. The SMILES string of the molecule is CCCNC(Cc1ccc(Br)cc1)c1cc(Cl)ccc1I. The van der Waals surface area contributed by atoms with E-state index in [0.717, 1.165) is 28.9 Å². The summed E-state index contributed by atoms with van der Waals surface area (Å²) in [7, 11) is 0. The lowest BCUT2D eigenvalue weighted by molar-refractivity contribution is 0.527. The molecule has 2 aromatic carbocycles. The van der Waals surface area contributed by atoms with Crippen molar-refractivity contribution < 1.29 is 0 Å². The van der Waals surface area contributed by atoms with Gasteiger partial charge in [-0.1, -0.05) is 46.6 Å².